The molecular weight excluding hydrogens is 387 g/mol. The van der Waals surface area contributed by atoms with Crippen molar-refractivity contribution in [2.75, 3.05) is 12.1 Å². The first-order valence-corrected chi connectivity index (χ1v) is 9.83. The van der Waals surface area contributed by atoms with Crippen molar-refractivity contribution in [1.29, 1.82) is 0 Å². The molecule has 1 atom stereocenters. The van der Waals surface area contributed by atoms with E-state index in [0.29, 0.717) is 40.8 Å². The zero-order valence-corrected chi connectivity index (χ0v) is 15.9. The first kappa shape index (κ1) is 17.2. The van der Waals surface area contributed by atoms with E-state index < -0.39 is 6.04 Å². The third-order valence-electron chi connectivity index (χ3n) is 5.68. The lowest BCUT2D eigenvalue weighted by atomic mass is 9.85. The number of nitrogens with zero attached hydrogens (tertiary/aromatic N) is 3. The maximum Gasteiger partial charge on any atom is 0.231 e. The fraction of sp³-hybridized carbons (Fsp3) is 0.227. The number of carbonyl (C=O) groups is 1. The van der Waals surface area contributed by atoms with Crippen molar-refractivity contribution < 1.29 is 18.7 Å². The normalized spacial score (nSPS) is 19.4. The van der Waals surface area contributed by atoms with Crippen molar-refractivity contribution >= 4 is 11.7 Å². The second-order valence-corrected chi connectivity index (χ2v) is 7.52. The molecule has 0 radical (unpaired) electrons. The molecule has 8 heteroatoms. The highest BCUT2D eigenvalue weighted by molar-refractivity contribution is 5.99. The molecule has 30 heavy (non-hydrogen) atoms. The Kier molecular flexibility index (Phi) is 3.68. The molecule has 2 aromatic carbocycles. The van der Waals surface area contributed by atoms with Gasteiger partial charge in [-0.05, 0) is 54.8 Å². The van der Waals surface area contributed by atoms with Crippen LogP contribution in [0.1, 0.15) is 30.9 Å². The standard InChI is InChI=1S/C22H17FN4O3/c23-14-7-4-12(5-8-14)21-25-22-24-15-2-1-3-16(28)19(15)20(27(22)26-21)13-6-9-17-18(10-13)30-11-29-17/h4-10,20H,1-3,11H2,(H,24,25,26). The van der Waals surface area contributed by atoms with Crippen LogP contribution in [0.4, 0.5) is 10.3 Å². The number of ketones is 1. The topological polar surface area (TPSA) is 78.3 Å². The molecule has 0 fully saturated rings. The number of anilines is 1. The molecule has 0 spiro atoms. The fourth-order valence-electron chi connectivity index (χ4n) is 4.27. The van der Waals surface area contributed by atoms with Gasteiger partial charge in [0, 0.05) is 23.3 Å². The second kappa shape index (κ2) is 6.41. The molecule has 1 unspecified atom stereocenters. The van der Waals surface area contributed by atoms with Crippen LogP contribution in [-0.4, -0.2) is 27.3 Å². The van der Waals surface area contributed by atoms with Gasteiger partial charge >= 0.3 is 0 Å². The number of halogens is 1. The minimum atomic E-state index is -0.416. The molecule has 150 valence electrons. The Labute approximate surface area is 171 Å². The van der Waals surface area contributed by atoms with Gasteiger partial charge < -0.3 is 14.8 Å². The minimum absolute atomic E-state index is 0.107. The van der Waals surface area contributed by atoms with Gasteiger partial charge in [0.1, 0.15) is 11.9 Å². The Morgan fingerprint density at radius 2 is 1.90 bits per heavy atom. The molecule has 3 aliphatic rings. The van der Waals surface area contributed by atoms with E-state index in [2.05, 4.69) is 15.4 Å². The van der Waals surface area contributed by atoms with Crippen LogP contribution >= 0.6 is 0 Å². The lowest BCUT2D eigenvalue weighted by Crippen LogP contribution is -2.31. The molecule has 7 nitrogen and oxygen atoms in total. The van der Waals surface area contributed by atoms with Crippen LogP contribution in [0, 0.1) is 5.82 Å². The first-order chi connectivity index (χ1) is 14.7. The zero-order chi connectivity index (χ0) is 20.2. The van der Waals surface area contributed by atoms with Gasteiger partial charge in [0.05, 0.1) is 0 Å². The predicted molar refractivity (Wildman–Crippen MR) is 106 cm³/mol. The molecule has 6 rings (SSSR count). The Hall–Kier alpha value is -3.68. The van der Waals surface area contributed by atoms with Gasteiger partial charge in [-0.15, -0.1) is 5.10 Å². The van der Waals surface area contributed by atoms with Crippen LogP contribution in [0.2, 0.25) is 0 Å². The first-order valence-electron chi connectivity index (χ1n) is 9.83. The second-order valence-electron chi connectivity index (χ2n) is 7.52. The van der Waals surface area contributed by atoms with E-state index >= 15 is 0 Å². The highest BCUT2D eigenvalue weighted by Crippen LogP contribution is 2.43. The van der Waals surface area contributed by atoms with Crippen LogP contribution in [0.5, 0.6) is 11.5 Å². The molecule has 0 saturated carbocycles. The molecule has 1 N–H and O–H groups in total. The quantitative estimate of drug-likeness (QED) is 0.699. The summed E-state index contributed by atoms with van der Waals surface area (Å²) < 4.78 is 26.1. The summed E-state index contributed by atoms with van der Waals surface area (Å²) in [4.78, 5) is 17.5. The van der Waals surface area contributed by atoms with Gasteiger partial charge in [-0.1, -0.05) is 6.07 Å². The van der Waals surface area contributed by atoms with Crippen LogP contribution < -0.4 is 14.8 Å². The highest BCUT2D eigenvalue weighted by atomic mass is 19.1. The molecular formula is C22H17FN4O3. The summed E-state index contributed by atoms with van der Waals surface area (Å²) >= 11 is 0. The van der Waals surface area contributed by atoms with E-state index in [-0.39, 0.29) is 18.4 Å². The van der Waals surface area contributed by atoms with Crippen molar-refractivity contribution in [1.82, 2.24) is 14.8 Å². The maximum absolute atomic E-state index is 13.3. The summed E-state index contributed by atoms with van der Waals surface area (Å²) in [5.74, 6) is 2.15. The van der Waals surface area contributed by atoms with Crippen molar-refractivity contribution in [3.05, 3.63) is 65.1 Å². The van der Waals surface area contributed by atoms with Crippen molar-refractivity contribution in [2.24, 2.45) is 0 Å². The fourth-order valence-corrected chi connectivity index (χ4v) is 4.27. The Bertz CT molecular complexity index is 1220. The maximum atomic E-state index is 13.3. The number of Topliss-reactive ketones (excluding diaryl/α,β-unsaturated/α-hetero) is 1. The third kappa shape index (κ3) is 2.60. The summed E-state index contributed by atoms with van der Waals surface area (Å²) in [6.07, 6.45) is 2.09. The number of fused-ring (bicyclic) bond motifs is 2. The summed E-state index contributed by atoms with van der Waals surface area (Å²) in [5.41, 5.74) is 3.18. The minimum Gasteiger partial charge on any atom is -0.454 e. The lowest BCUT2D eigenvalue weighted by Gasteiger charge is -2.32. The molecule has 3 heterocycles. The Morgan fingerprint density at radius 3 is 2.77 bits per heavy atom. The zero-order valence-electron chi connectivity index (χ0n) is 15.9. The van der Waals surface area contributed by atoms with Crippen molar-refractivity contribution in [3.8, 4) is 22.9 Å². The smallest absolute Gasteiger partial charge is 0.231 e. The van der Waals surface area contributed by atoms with Gasteiger partial charge in [0.25, 0.3) is 0 Å². The van der Waals surface area contributed by atoms with E-state index in [9.17, 15) is 9.18 Å². The summed E-state index contributed by atoms with van der Waals surface area (Å²) in [7, 11) is 0. The highest BCUT2D eigenvalue weighted by Gasteiger charge is 2.37. The molecule has 3 aromatic rings. The number of rotatable bonds is 2. The molecule has 2 aliphatic heterocycles. The van der Waals surface area contributed by atoms with E-state index in [1.807, 2.05) is 18.2 Å². The average molecular weight is 404 g/mol. The SMILES string of the molecule is O=C1CCCC2=C1C(c1ccc3c(c1)OCO3)n1nc(-c3ccc(F)cc3)nc1N2. The summed E-state index contributed by atoms with van der Waals surface area (Å²) in [5, 5.41) is 7.99. The number of allylic oxidation sites excluding steroid dienone is 2. The number of aromatic nitrogens is 3. The predicted octanol–water partition coefficient (Wildman–Crippen LogP) is 3.83. The van der Waals surface area contributed by atoms with Gasteiger partial charge in [-0.3, -0.25) is 4.79 Å². The van der Waals surface area contributed by atoms with E-state index in [4.69, 9.17) is 9.47 Å². The van der Waals surface area contributed by atoms with Crippen molar-refractivity contribution in [2.45, 2.75) is 25.3 Å². The number of hydrogen-bond donors (Lipinski definition) is 1. The van der Waals surface area contributed by atoms with Crippen LogP contribution in [0.25, 0.3) is 11.4 Å². The summed E-state index contributed by atoms with van der Waals surface area (Å²) in [6.45, 7) is 0.182. The summed E-state index contributed by atoms with van der Waals surface area (Å²) in [6, 6.07) is 11.3. The molecule has 1 aromatic heterocycles. The number of hydrogen-bond acceptors (Lipinski definition) is 6. The van der Waals surface area contributed by atoms with E-state index in [0.717, 1.165) is 24.1 Å². The molecule has 0 saturated heterocycles. The Morgan fingerprint density at radius 1 is 1.07 bits per heavy atom. The molecule has 0 bridgehead atoms. The Balaban J connectivity index is 1.51. The number of benzene rings is 2. The third-order valence-corrected chi connectivity index (χ3v) is 5.68. The number of nitrogens with one attached hydrogen (secondary N) is 1. The van der Waals surface area contributed by atoms with Crippen LogP contribution in [-0.2, 0) is 4.79 Å². The number of ether oxygens (including phenoxy) is 2. The average Bonchev–Trinajstić information content (AvgIpc) is 3.39. The largest absolute Gasteiger partial charge is 0.454 e. The van der Waals surface area contributed by atoms with Crippen molar-refractivity contribution in [3.63, 3.8) is 0 Å². The van der Waals surface area contributed by atoms with Gasteiger partial charge in [0.2, 0.25) is 12.7 Å². The molecule has 0 amide bonds. The van der Waals surface area contributed by atoms with Gasteiger partial charge in [-0.25, -0.2) is 9.07 Å². The molecule has 1 aliphatic carbocycles. The van der Waals surface area contributed by atoms with Crippen LogP contribution in [0.3, 0.4) is 0 Å². The van der Waals surface area contributed by atoms with Gasteiger partial charge in [-0.2, -0.15) is 4.98 Å². The lowest BCUT2D eigenvalue weighted by molar-refractivity contribution is -0.116. The van der Waals surface area contributed by atoms with E-state index in [1.165, 1.54) is 12.1 Å². The van der Waals surface area contributed by atoms with E-state index in [1.54, 1.807) is 16.8 Å². The van der Waals surface area contributed by atoms with Crippen LogP contribution in [0.15, 0.2) is 53.7 Å². The monoisotopic (exact) mass is 404 g/mol. The number of carbonyl (C=O) groups excluding carboxylic acids is 1. The van der Waals surface area contributed by atoms with Gasteiger partial charge in [0.15, 0.2) is 23.1 Å².